The lowest BCUT2D eigenvalue weighted by molar-refractivity contribution is -0.138. The topological polar surface area (TPSA) is 76.1 Å². The van der Waals surface area contributed by atoms with E-state index < -0.39 is 11.7 Å². The number of alkyl halides is 3. The van der Waals surface area contributed by atoms with Crippen molar-refractivity contribution in [3.05, 3.63) is 53.6 Å². The van der Waals surface area contributed by atoms with Crippen LogP contribution < -0.4 is 10.2 Å². The Balaban J connectivity index is 1.58. The second-order valence-corrected chi connectivity index (χ2v) is 7.11. The number of nitrogens with one attached hydrogen (secondary N) is 1. The Morgan fingerprint density at radius 3 is 2.83 bits per heavy atom. The van der Waals surface area contributed by atoms with Gasteiger partial charge in [0.15, 0.2) is 5.65 Å². The predicted molar refractivity (Wildman–Crippen MR) is 105 cm³/mol. The first-order valence-electron chi connectivity index (χ1n) is 9.60. The van der Waals surface area contributed by atoms with Crippen molar-refractivity contribution in [3.63, 3.8) is 0 Å². The Labute approximate surface area is 171 Å². The SMILES string of the molecule is CC1COCCN1c1nc(CNCc2ccccc2C(F)(F)F)c2cncnc2n1. The molecule has 2 aromatic heterocycles. The first-order chi connectivity index (χ1) is 14.4. The van der Waals surface area contributed by atoms with Gasteiger partial charge < -0.3 is 15.0 Å². The van der Waals surface area contributed by atoms with Crippen LogP contribution in [0.3, 0.4) is 0 Å². The average molecular weight is 418 g/mol. The number of fused-ring (bicyclic) bond motifs is 1. The summed E-state index contributed by atoms with van der Waals surface area (Å²) in [5.74, 6) is 0.532. The number of benzene rings is 1. The van der Waals surface area contributed by atoms with Gasteiger partial charge >= 0.3 is 6.18 Å². The zero-order valence-electron chi connectivity index (χ0n) is 16.4. The highest BCUT2D eigenvalue weighted by molar-refractivity contribution is 5.77. The maximum absolute atomic E-state index is 13.2. The number of halogens is 3. The van der Waals surface area contributed by atoms with Gasteiger partial charge in [0.25, 0.3) is 0 Å². The van der Waals surface area contributed by atoms with E-state index >= 15 is 0 Å². The van der Waals surface area contributed by atoms with Gasteiger partial charge in [0, 0.05) is 25.8 Å². The number of ether oxygens (including phenoxy) is 1. The van der Waals surface area contributed by atoms with Gasteiger partial charge in [0.2, 0.25) is 5.95 Å². The molecule has 0 radical (unpaired) electrons. The van der Waals surface area contributed by atoms with Crippen molar-refractivity contribution >= 4 is 17.0 Å². The lowest BCUT2D eigenvalue weighted by atomic mass is 10.1. The normalized spacial score (nSPS) is 17.5. The molecule has 0 amide bonds. The van der Waals surface area contributed by atoms with Crippen LogP contribution in [0.15, 0.2) is 36.8 Å². The van der Waals surface area contributed by atoms with Gasteiger partial charge in [-0.25, -0.2) is 15.0 Å². The summed E-state index contributed by atoms with van der Waals surface area (Å²) in [7, 11) is 0. The highest BCUT2D eigenvalue weighted by Crippen LogP contribution is 2.31. The van der Waals surface area contributed by atoms with E-state index in [0.29, 0.717) is 42.4 Å². The number of rotatable bonds is 5. The molecule has 1 N–H and O–H groups in total. The van der Waals surface area contributed by atoms with Crippen LogP contribution in [0.5, 0.6) is 0 Å². The Bertz CT molecular complexity index is 1030. The first kappa shape index (κ1) is 20.4. The summed E-state index contributed by atoms with van der Waals surface area (Å²) in [5, 5.41) is 3.74. The molecule has 158 valence electrons. The largest absolute Gasteiger partial charge is 0.416 e. The molecule has 30 heavy (non-hydrogen) atoms. The standard InChI is InChI=1S/C20H21F3N6O/c1-13-11-30-7-6-29(13)19-27-17(15-9-25-12-26-18(15)28-19)10-24-8-14-4-2-3-5-16(14)20(21,22)23/h2-5,9,12-13,24H,6-8,10-11H2,1H3. The Kier molecular flexibility index (Phi) is 5.78. The highest BCUT2D eigenvalue weighted by atomic mass is 19.4. The first-order valence-corrected chi connectivity index (χ1v) is 9.60. The van der Waals surface area contributed by atoms with Crippen LogP contribution in [-0.2, 0) is 24.0 Å². The zero-order valence-corrected chi connectivity index (χ0v) is 16.4. The summed E-state index contributed by atoms with van der Waals surface area (Å²) in [5.41, 5.74) is 0.679. The Morgan fingerprint density at radius 2 is 2.03 bits per heavy atom. The van der Waals surface area contributed by atoms with Gasteiger partial charge in [-0.05, 0) is 18.6 Å². The molecule has 1 aromatic carbocycles. The quantitative estimate of drug-likeness (QED) is 0.683. The van der Waals surface area contributed by atoms with Crippen molar-refractivity contribution in [3.8, 4) is 0 Å². The van der Waals surface area contributed by atoms with Gasteiger partial charge in [-0.1, -0.05) is 18.2 Å². The van der Waals surface area contributed by atoms with Gasteiger partial charge in [0.05, 0.1) is 35.9 Å². The fourth-order valence-electron chi connectivity index (χ4n) is 3.47. The molecule has 1 saturated heterocycles. The molecule has 0 saturated carbocycles. The van der Waals surface area contributed by atoms with Crippen LogP contribution in [0.1, 0.15) is 23.7 Å². The maximum atomic E-state index is 13.2. The number of anilines is 1. The Morgan fingerprint density at radius 1 is 1.20 bits per heavy atom. The fourth-order valence-corrected chi connectivity index (χ4v) is 3.47. The van der Waals surface area contributed by atoms with E-state index in [-0.39, 0.29) is 24.7 Å². The van der Waals surface area contributed by atoms with E-state index in [1.807, 2.05) is 11.8 Å². The van der Waals surface area contributed by atoms with E-state index in [0.717, 1.165) is 6.07 Å². The zero-order chi connectivity index (χ0) is 21.1. The van der Waals surface area contributed by atoms with E-state index in [9.17, 15) is 13.2 Å². The molecular weight excluding hydrogens is 397 g/mol. The smallest absolute Gasteiger partial charge is 0.377 e. The molecule has 1 aliphatic rings. The average Bonchev–Trinajstić information content (AvgIpc) is 2.73. The molecule has 3 heterocycles. The molecule has 7 nitrogen and oxygen atoms in total. The molecule has 0 spiro atoms. The molecule has 1 fully saturated rings. The molecule has 3 aromatic rings. The molecule has 10 heteroatoms. The molecule has 4 rings (SSSR count). The summed E-state index contributed by atoms with van der Waals surface area (Å²) < 4.78 is 45.1. The molecule has 1 unspecified atom stereocenters. The van der Waals surface area contributed by atoms with Crippen LogP contribution in [0.25, 0.3) is 11.0 Å². The fraction of sp³-hybridized carbons (Fsp3) is 0.400. The summed E-state index contributed by atoms with van der Waals surface area (Å²) in [6.07, 6.45) is -1.36. The second kappa shape index (κ2) is 8.49. The van der Waals surface area contributed by atoms with Crippen molar-refractivity contribution in [2.45, 2.75) is 32.2 Å². The predicted octanol–water partition coefficient (Wildman–Crippen LogP) is 2.95. The summed E-state index contributed by atoms with van der Waals surface area (Å²) >= 11 is 0. The molecule has 1 atom stereocenters. The number of nitrogens with zero attached hydrogens (tertiary/aromatic N) is 5. The van der Waals surface area contributed by atoms with E-state index in [1.165, 1.54) is 18.5 Å². The molecular formula is C20H21F3N6O. The van der Waals surface area contributed by atoms with Crippen LogP contribution >= 0.6 is 0 Å². The minimum Gasteiger partial charge on any atom is -0.377 e. The lowest BCUT2D eigenvalue weighted by Crippen LogP contribution is -2.44. The van der Waals surface area contributed by atoms with Crippen molar-refractivity contribution in [1.29, 1.82) is 0 Å². The monoisotopic (exact) mass is 418 g/mol. The van der Waals surface area contributed by atoms with Gasteiger partial charge in [-0.3, -0.25) is 0 Å². The van der Waals surface area contributed by atoms with Crippen LogP contribution in [0, 0.1) is 0 Å². The van der Waals surface area contributed by atoms with Crippen LogP contribution in [0.2, 0.25) is 0 Å². The van der Waals surface area contributed by atoms with Crippen LogP contribution in [0.4, 0.5) is 19.1 Å². The number of aromatic nitrogens is 4. The minimum atomic E-state index is -4.40. The van der Waals surface area contributed by atoms with E-state index in [2.05, 4.69) is 25.3 Å². The van der Waals surface area contributed by atoms with Gasteiger partial charge in [0.1, 0.15) is 6.33 Å². The van der Waals surface area contributed by atoms with Crippen molar-refractivity contribution in [1.82, 2.24) is 25.3 Å². The van der Waals surface area contributed by atoms with Gasteiger partial charge in [-0.2, -0.15) is 18.2 Å². The van der Waals surface area contributed by atoms with Crippen LogP contribution in [-0.4, -0.2) is 45.7 Å². The van der Waals surface area contributed by atoms with Gasteiger partial charge in [-0.15, -0.1) is 0 Å². The Hall–Kier alpha value is -2.85. The molecule has 1 aliphatic heterocycles. The number of morpholine rings is 1. The van der Waals surface area contributed by atoms with Crippen molar-refractivity contribution in [2.24, 2.45) is 0 Å². The minimum absolute atomic E-state index is 0.0537. The third kappa shape index (κ3) is 4.34. The number of hydrogen-bond acceptors (Lipinski definition) is 7. The maximum Gasteiger partial charge on any atom is 0.416 e. The third-order valence-electron chi connectivity index (χ3n) is 5.00. The number of hydrogen-bond donors (Lipinski definition) is 1. The second-order valence-electron chi connectivity index (χ2n) is 7.11. The van der Waals surface area contributed by atoms with E-state index in [1.54, 1.807) is 12.3 Å². The molecule has 0 aliphatic carbocycles. The summed E-state index contributed by atoms with van der Waals surface area (Å²) in [4.78, 5) is 19.6. The van der Waals surface area contributed by atoms with Crippen molar-refractivity contribution in [2.75, 3.05) is 24.7 Å². The molecule has 0 bridgehead atoms. The third-order valence-corrected chi connectivity index (χ3v) is 5.00. The van der Waals surface area contributed by atoms with E-state index in [4.69, 9.17) is 4.74 Å². The highest BCUT2D eigenvalue weighted by Gasteiger charge is 2.32. The van der Waals surface area contributed by atoms with Crippen molar-refractivity contribution < 1.29 is 17.9 Å². The summed E-state index contributed by atoms with van der Waals surface area (Å²) in [6, 6.07) is 5.65. The summed E-state index contributed by atoms with van der Waals surface area (Å²) in [6.45, 7) is 4.15. The lowest BCUT2D eigenvalue weighted by Gasteiger charge is -2.33.